The lowest BCUT2D eigenvalue weighted by molar-refractivity contribution is 0.349. The van der Waals surface area contributed by atoms with Crippen LogP contribution in [0.2, 0.25) is 0 Å². The molecule has 2 rings (SSSR count). The van der Waals surface area contributed by atoms with Gasteiger partial charge in [0.2, 0.25) is 0 Å². The second-order valence-corrected chi connectivity index (χ2v) is 4.94. The molecule has 2 fully saturated rings. The fraction of sp³-hybridized carbons (Fsp3) is 1.00. The second-order valence-electron chi connectivity index (χ2n) is 4.94. The van der Waals surface area contributed by atoms with Gasteiger partial charge in [0.25, 0.3) is 0 Å². The van der Waals surface area contributed by atoms with Gasteiger partial charge in [0, 0.05) is 6.04 Å². The topological polar surface area (TPSA) is 12.0 Å². The van der Waals surface area contributed by atoms with E-state index in [2.05, 4.69) is 12.2 Å². The van der Waals surface area contributed by atoms with E-state index in [0.717, 1.165) is 17.9 Å². The van der Waals surface area contributed by atoms with E-state index < -0.39 is 0 Å². The molecule has 0 amide bonds. The van der Waals surface area contributed by atoms with Crippen molar-refractivity contribution in [2.24, 2.45) is 11.8 Å². The van der Waals surface area contributed by atoms with Gasteiger partial charge in [-0.2, -0.15) is 0 Å². The SMILES string of the molecule is CCCCCN[C@@H]1C[C@H]2CC[C@@H]1C2. The third-order valence-electron chi connectivity index (χ3n) is 3.92. The average molecular weight is 181 g/mol. The van der Waals surface area contributed by atoms with Gasteiger partial charge >= 0.3 is 0 Å². The highest BCUT2D eigenvalue weighted by molar-refractivity contribution is 4.93. The average Bonchev–Trinajstić information content (AvgIpc) is 2.73. The molecule has 0 saturated heterocycles. The van der Waals surface area contributed by atoms with Crippen LogP contribution in [0.1, 0.15) is 51.9 Å². The van der Waals surface area contributed by atoms with Crippen LogP contribution in [-0.2, 0) is 0 Å². The molecule has 0 unspecified atom stereocenters. The van der Waals surface area contributed by atoms with Crippen molar-refractivity contribution in [1.29, 1.82) is 0 Å². The summed E-state index contributed by atoms with van der Waals surface area (Å²) in [6, 6.07) is 0.899. The molecule has 2 saturated carbocycles. The minimum Gasteiger partial charge on any atom is -0.314 e. The van der Waals surface area contributed by atoms with Crippen LogP contribution < -0.4 is 5.32 Å². The summed E-state index contributed by atoms with van der Waals surface area (Å²) in [4.78, 5) is 0. The van der Waals surface area contributed by atoms with Crippen LogP contribution in [-0.4, -0.2) is 12.6 Å². The summed E-state index contributed by atoms with van der Waals surface area (Å²) in [6.45, 7) is 3.54. The molecule has 2 aliphatic rings. The van der Waals surface area contributed by atoms with E-state index in [1.54, 1.807) is 0 Å². The molecule has 0 aromatic rings. The standard InChI is InChI=1S/C12H23N/c1-2-3-4-7-13-12-9-10-5-6-11(12)8-10/h10-13H,2-9H2,1H3/t10-,11+,12+/m0/s1. The van der Waals surface area contributed by atoms with Crippen LogP contribution in [0, 0.1) is 11.8 Å². The van der Waals surface area contributed by atoms with E-state index >= 15 is 0 Å². The first-order valence-electron chi connectivity index (χ1n) is 6.13. The molecule has 0 aromatic heterocycles. The predicted molar refractivity (Wildman–Crippen MR) is 56.8 cm³/mol. The molecule has 2 bridgehead atoms. The van der Waals surface area contributed by atoms with Crippen molar-refractivity contribution in [2.45, 2.75) is 57.9 Å². The molecule has 0 heterocycles. The maximum atomic E-state index is 3.75. The number of unbranched alkanes of at least 4 members (excludes halogenated alkanes) is 2. The Bertz CT molecular complexity index is 155. The Kier molecular flexibility index (Phi) is 3.26. The third kappa shape index (κ3) is 2.25. The van der Waals surface area contributed by atoms with Crippen LogP contribution in [0.15, 0.2) is 0 Å². The number of hydrogen-bond donors (Lipinski definition) is 1. The van der Waals surface area contributed by atoms with Gasteiger partial charge in [-0.25, -0.2) is 0 Å². The minimum atomic E-state index is 0.899. The molecular weight excluding hydrogens is 158 g/mol. The zero-order valence-corrected chi connectivity index (χ0v) is 8.89. The highest BCUT2D eigenvalue weighted by Gasteiger charge is 2.38. The Labute approximate surface area is 82.3 Å². The van der Waals surface area contributed by atoms with Crippen LogP contribution in [0.4, 0.5) is 0 Å². The van der Waals surface area contributed by atoms with Gasteiger partial charge in [-0.1, -0.05) is 26.2 Å². The van der Waals surface area contributed by atoms with Crippen LogP contribution in [0.5, 0.6) is 0 Å². The smallest absolute Gasteiger partial charge is 0.00980 e. The summed E-state index contributed by atoms with van der Waals surface area (Å²) < 4.78 is 0. The third-order valence-corrected chi connectivity index (χ3v) is 3.92. The fourth-order valence-electron chi connectivity index (χ4n) is 3.16. The first kappa shape index (κ1) is 9.51. The van der Waals surface area contributed by atoms with E-state index in [1.807, 2.05) is 0 Å². The maximum absolute atomic E-state index is 3.75. The number of nitrogens with one attached hydrogen (secondary N) is 1. The quantitative estimate of drug-likeness (QED) is 0.643. The molecule has 2 aliphatic carbocycles. The molecule has 1 N–H and O–H groups in total. The van der Waals surface area contributed by atoms with E-state index in [9.17, 15) is 0 Å². The van der Waals surface area contributed by atoms with Gasteiger partial charge in [0.05, 0.1) is 0 Å². The minimum absolute atomic E-state index is 0.899. The van der Waals surface area contributed by atoms with E-state index in [-0.39, 0.29) is 0 Å². The predicted octanol–water partition coefficient (Wildman–Crippen LogP) is 2.95. The van der Waals surface area contributed by atoms with Crippen molar-refractivity contribution in [3.63, 3.8) is 0 Å². The molecular formula is C12H23N. The summed E-state index contributed by atoms with van der Waals surface area (Å²) in [5.74, 6) is 2.14. The van der Waals surface area contributed by atoms with E-state index in [1.165, 1.54) is 51.5 Å². The molecule has 13 heavy (non-hydrogen) atoms. The molecule has 1 nitrogen and oxygen atoms in total. The molecule has 0 aromatic carbocycles. The molecule has 1 heteroatoms. The zero-order valence-electron chi connectivity index (χ0n) is 8.89. The monoisotopic (exact) mass is 181 g/mol. The first-order valence-corrected chi connectivity index (χ1v) is 6.13. The summed E-state index contributed by atoms with van der Waals surface area (Å²) in [5, 5.41) is 3.75. The van der Waals surface area contributed by atoms with Gasteiger partial charge in [-0.3, -0.25) is 0 Å². The number of fused-ring (bicyclic) bond motifs is 2. The highest BCUT2D eigenvalue weighted by Crippen LogP contribution is 2.44. The fourth-order valence-corrected chi connectivity index (χ4v) is 3.16. The van der Waals surface area contributed by atoms with Crippen molar-refractivity contribution in [2.75, 3.05) is 6.54 Å². The van der Waals surface area contributed by atoms with Gasteiger partial charge in [0.1, 0.15) is 0 Å². The van der Waals surface area contributed by atoms with E-state index in [4.69, 9.17) is 0 Å². The van der Waals surface area contributed by atoms with Crippen LogP contribution in [0.25, 0.3) is 0 Å². The summed E-state index contributed by atoms with van der Waals surface area (Å²) in [7, 11) is 0. The van der Waals surface area contributed by atoms with Gasteiger partial charge < -0.3 is 5.32 Å². The second kappa shape index (κ2) is 4.45. The lowest BCUT2D eigenvalue weighted by Gasteiger charge is -2.22. The first-order chi connectivity index (χ1) is 6.40. The summed E-state index contributed by atoms with van der Waals surface area (Å²) in [5.41, 5.74) is 0. The van der Waals surface area contributed by atoms with Crippen LogP contribution >= 0.6 is 0 Å². The van der Waals surface area contributed by atoms with Crippen molar-refractivity contribution in [3.05, 3.63) is 0 Å². The summed E-state index contributed by atoms with van der Waals surface area (Å²) >= 11 is 0. The normalized spacial score (nSPS) is 37.2. The van der Waals surface area contributed by atoms with Crippen molar-refractivity contribution >= 4 is 0 Å². The Morgan fingerprint density at radius 2 is 2.08 bits per heavy atom. The lowest BCUT2D eigenvalue weighted by atomic mass is 9.95. The molecule has 0 aliphatic heterocycles. The molecule has 76 valence electrons. The van der Waals surface area contributed by atoms with E-state index in [0.29, 0.717) is 0 Å². The van der Waals surface area contributed by atoms with Crippen molar-refractivity contribution in [3.8, 4) is 0 Å². The van der Waals surface area contributed by atoms with Crippen molar-refractivity contribution in [1.82, 2.24) is 5.32 Å². The Morgan fingerprint density at radius 3 is 2.69 bits per heavy atom. The Morgan fingerprint density at radius 1 is 1.15 bits per heavy atom. The zero-order chi connectivity index (χ0) is 9.10. The Hall–Kier alpha value is -0.0400. The highest BCUT2D eigenvalue weighted by atomic mass is 14.9. The maximum Gasteiger partial charge on any atom is 0.00980 e. The van der Waals surface area contributed by atoms with Gasteiger partial charge in [-0.15, -0.1) is 0 Å². The summed E-state index contributed by atoms with van der Waals surface area (Å²) in [6.07, 6.45) is 10.2. The number of rotatable bonds is 5. The molecule has 0 spiro atoms. The molecule has 0 radical (unpaired) electrons. The lowest BCUT2D eigenvalue weighted by Crippen LogP contribution is -2.34. The van der Waals surface area contributed by atoms with Crippen molar-refractivity contribution < 1.29 is 0 Å². The largest absolute Gasteiger partial charge is 0.314 e. The molecule has 3 atom stereocenters. The van der Waals surface area contributed by atoms with Gasteiger partial charge in [0.15, 0.2) is 0 Å². The Balaban J connectivity index is 1.60. The van der Waals surface area contributed by atoms with Crippen LogP contribution in [0.3, 0.4) is 0 Å². The van der Waals surface area contributed by atoms with Gasteiger partial charge in [-0.05, 0) is 44.1 Å². The number of hydrogen-bond acceptors (Lipinski definition) is 1.